The molecule has 2 fully saturated rings. The molecule has 0 spiro atoms. The van der Waals surface area contributed by atoms with E-state index in [4.69, 9.17) is 10.5 Å². The molecule has 1 atom stereocenters. The number of nitrogens with one attached hydrogen (secondary N) is 1. The molecule has 1 aromatic rings. The molecule has 25 heavy (non-hydrogen) atoms. The maximum atomic E-state index is 12.3. The van der Waals surface area contributed by atoms with Crippen LogP contribution in [0.15, 0.2) is 24.3 Å². The predicted octanol–water partition coefficient (Wildman–Crippen LogP) is 1.03. The number of carbonyl (C=O) groups excluding carboxylic acids is 3. The van der Waals surface area contributed by atoms with Gasteiger partial charge in [-0.2, -0.15) is 0 Å². The minimum absolute atomic E-state index is 0.134. The summed E-state index contributed by atoms with van der Waals surface area (Å²) in [5.41, 5.74) is 7.55. The van der Waals surface area contributed by atoms with E-state index in [1.165, 1.54) is 4.90 Å². The van der Waals surface area contributed by atoms with Crippen molar-refractivity contribution in [1.82, 2.24) is 4.90 Å². The number of carbonyl (C=O) groups is 3. The summed E-state index contributed by atoms with van der Waals surface area (Å²) < 4.78 is 5.29. The van der Waals surface area contributed by atoms with Crippen LogP contribution >= 0.6 is 0 Å². The molecule has 0 saturated carbocycles. The normalized spacial score (nSPS) is 20.0. The van der Waals surface area contributed by atoms with E-state index in [-0.39, 0.29) is 43.0 Å². The minimum Gasteiger partial charge on any atom is -0.381 e. The highest BCUT2D eigenvalue weighted by Crippen LogP contribution is 2.20. The number of likely N-dealkylation sites (tertiary alicyclic amines) is 1. The van der Waals surface area contributed by atoms with E-state index in [9.17, 15) is 14.4 Å². The molecule has 1 unspecified atom stereocenters. The fraction of sp³-hybridized carbons (Fsp3) is 0.500. The molecule has 2 aliphatic rings. The smallest absolute Gasteiger partial charge is 0.241 e. The van der Waals surface area contributed by atoms with Gasteiger partial charge in [0.2, 0.25) is 17.7 Å². The zero-order chi connectivity index (χ0) is 17.8. The minimum atomic E-state index is -0.552. The van der Waals surface area contributed by atoms with Crippen LogP contribution in [0.3, 0.4) is 0 Å². The van der Waals surface area contributed by atoms with Gasteiger partial charge in [0.05, 0.1) is 12.6 Å². The molecule has 2 heterocycles. The monoisotopic (exact) mass is 345 g/mol. The van der Waals surface area contributed by atoms with E-state index >= 15 is 0 Å². The zero-order valence-corrected chi connectivity index (χ0v) is 14.1. The zero-order valence-electron chi connectivity index (χ0n) is 14.1. The molecular formula is C18H23N3O4. The number of ether oxygens (including phenoxy) is 1. The first-order valence-electron chi connectivity index (χ1n) is 8.61. The fourth-order valence-corrected chi connectivity index (χ4v) is 3.19. The third-order valence-electron chi connectivity index (χ3n) is 4.79. The second-order valence-electron chi connectivity index (χ2n) is 6.54. The maximum Gasteiger partial charge on any atom is 0.241 e. The molecule has 134 valence electrons. The Hall–Kier alpha value is -2.25. The molecule has 7 heteroatoms. The van der Waals surface area contributed by atoms with Crippen molar-refractivity contribution in [1.29, 1.82) is 0 Å². The van der Waals surface area contributed by atoms with Gasteiger partial charge in [-0.05, 0) is 36.5 Å². The number of amides is 3. The fourth-order valence-electron chi connectivity index (χ4n) is 3.19. The van der Waals surface area contributed by atoms with E-state index in [1.54, 1.807) is 24.3 Å². The summed E-state index contributed by atoms with van der Waals surface area (Å²) in [6, 6.07) is 6.57. The third-order valence-corrected chi connectivity index (χ3v) is 4.79. The first-order chi connectivity index (χ1) is 12.0. The second kappa shape index (κ2) is 7.76. The number of benzene rings is 1. The van der Waals surface area contributed by atoms with Crippen LogP contribution in [0.5, 0.6) is 0 Å². The Morgan fingerprint density at radius 1 is 1.16 bits per heavy atom. The number of hydrogen-bond acceptors (Lipinski definition) is 5. The van der Waals surface area contributed by atoms with Gasteiger partial charge in [0.15, 0.2) is 0 Å². The number of anilines is 1. The third kappa shape index (κ3) is 4.24. The van der Waals surface area contributed by atoms with Crippen molar-refractivity contribution in [2.24, 2.45) is 11.7 Å². The van der Waals surface area contributed by atoms with E-state index < -0.39 is 6.04 Å². The number of nitrogens with zero attached hydrogens (tertiary/aromatic N) is 1. The average molecular weight is 345 g/mol. The van der Waals surface area contributed by atoms with Crippen LogP contribution in [-0.4, -0.2) is 41.9 Å². The average Bonchev–Trinajstić information content (AvgIpc) is 2.95. The van der Waals surface area contributed by atoms with Gasteiger partial charge in [-0.1, -0.05) is 12.1 Å². The Kier molecular flexibility index (Phi) is 5.45. The van der Waals surface area contributed by atoms with Crippen LogP contribution in [0.1, 0.15) is 31.2 Å². The first kappa shape index (κ1) is 17.6. The van der Waals surface area contributed by atoms with Crippen molar-refractivity contribution in [3.05, 3.63) is 29.8 Å². The Morgan fingerprint density at radius 3 is 2.36 bits per heavy atom. The summed E-state index contributed by atoms with van der Waals surface area (Å²) in [5, 5.41) is 2.83. The van der Waals surface area contributed by atoms with Gasteiger partial charge in [0.25, 0.3) is 0 Å². The van der Waals surface area contributed by atoms with Gasteiger partial charge in [-0.15, -0.1) is 0 Å². The lowest BCUT2D eigenvalue weighted by Crippen LogP contribution is -2.44. The molecular weight excluding hydrogens is 322 g/mol. The van der Waals surface area contributed by atoms with Crippen LogP contribution in [0.2, 0.25) is 0 Å². The largest absolute Gasteiger partial charge is 0.381 e. The lowest BCUT2D eigenvalue weighted by Gasteiger charge is -2.26. The van der Waals surface area contributed by atoms with Crippen LogP contribution in [0.4, 0.5) is 5.69 Å². The summed E-state index contributed by atoms with van der Waals surface area (Å²) >= 11 is 0. The van der Waals surface area contributed by atoms with Gasteiger partial charge in [-0.25, -0.2) is 0 Å². The molecule has 3 N–H and O–H groups in total. The topological polar surface area (TPSA) is 102 Å². The highest BCUT2D eigenvalue weighted by atomic mass is 16.5. The van der Waals surface area contributed by atoms with Crippen molar-refractivity contribution in [2.75, 3.05) is 18.5 Å². The number of imide groups is 1. The molecule has 2 saturated heterocycles. The van der Waals surface area contributed by atoms with E-state index in [0.29, 0.717) is 18.9 Å². The summed E-state index contributed by atoms with van der Waals surface area (Å²) in [7, 11) is 0. The molecule has 3 amide bonds. The molecule has 0 bridgehead atoms. The SMILES string of the molecule is NC(C(=O)Nc1ccc(CN2C(=O)CCC2=O)cc1)C1CCOCC1. The van der Waals surface area contributed by atoms with Crippen molar-refractivity contribution in [2.45, 2.75) is 38.3 Å². The summed E-state index contributed by atoms with van der Waals surface area (Å²) in [4.78, 5) is 36.9. The lowest BCUT2D eigenvalue weighted by atomic mass is 9.92. The molecule has 2 aliphatic heterocycles. The summed E-state index contributed by atoms with van der Waals surface area (Å²) in [6.45, 7) is 1.57. The number of nitrogens with two attached hydrogens (primary N) is 1. The number of hydrogen-bond donors (Lipinski definition) is 2. The van der Waals surface area contributed by atoms with Gasteiger partial charge < -0.3 is 15.8 Å². The van der Waals surface area contributed by atoms with Crippen LogP contribution in [0, 0.1) is 5.92 Å². The van der Waals surface area contributed by atoms with Crippen LogP contribution in [-0.2, 0) is 25.7 Å². The van der Waals surface area contributed by atoms with E-state index in [2.05, 4.69) is 5.32 Å². The molecule has 1 aromatic carbocycles. The highest BCUT2D eigenvalue weighted by Gasteiger charge is 2.29. The second-order valence-corrected chi connectivity index (χ2v) is 6.54. The van der Waals surface area contributed by atoms with Crippen molar-refractivity contribution in [3.8, 4) is 0 Å². The van der Waals surface area contributed by atoms with E-state index in [0.717, 1.165) is 18.4 Å². The van der Waals surface area contributed by atoms with Gasteiger partial charge >= 0.3 is 0 Å². The lowest BCUT2D eigenvalue weighted by molar-refractivity contribution is -0.139. The molecule has 0 radical (unpaired) electrons. The van der Waals surface area contributed by atoms with Crippen molar-refractivity contribution in [3.63, 3.8) is 0 Å². The quantitative estimate of drug-likeness (QED) is 0.776. The maximum absolute atomic E-state index is 12.3. The summed E-state index contributed by atoms with van der Waals surface area (Å²) in [5.74, 6) is -0.334. The van der Waals surface area contributed by atoms with Crippen molar-refractivity contribution < 1.29 is 19.1 Å². The molecule has 0 aromatic heterocycles. The first-order valence-corrected chi connectivity index (χ1v) is 8.61. The van der Waals surface area contributed by atoms with Gasteiger partial charge in [0, 0.05) is 31.7 Å². The molecule has 3 rings (SSSR count). The Labute approximate surface area is 146 Å². The van der Waals surface area contributed by atoms with Gasteiger partial charge in [-0.3, -0.25) is 19.3 Å². The molecule has 0 aliphatic carbocycles. The number of rotatable bonds is 5. The predicted molar refractivity (Wildman–Crippen MR) is 91.4 cm³/mol. The molecule has 7 nitrogen and oxygen atoms in total. The van der Waals surface area contributed by atoms with E-state index in [1.807, 2.05) is 0 Å². The van der Waals surface area contributed by atoms with Crippen LogP contribution < -0.4 is 11.1 Å². The standard InChI is InChI=1S/C18H23N3O4/c19-17(13-7-9-25-10-8-13)18(24)20-14-3-1-12(2-4-14)11-21-15(22)5-6-16(21)23/h1-4,13,17H,5-11,19H2,(H,20,24). The van der Waals surface area contributed by atoms with Crippen molar-refractivity contribution >= 4 is 23.4 Å². The highest BCUT2D eigenvalue weighted by molar-refractivity contribution is 6.01. The van der Waals surface area contributed by atoms with Crippen LogP contribution in [0.25, 0.3) is 0 Å². The van der Waals surface area contributed by atoms with Gasteiger partial charge in [0.1, 0.15) is 0 Å². The summed E-state index contributed by atoms with van der Waals surface area (Å²) in [6.07, 6.45) is 2.17. The Morgan fingerprint density at radius 2 is 1.76 bits per heavy atom. The Balaban J connectivity index is 1.56. The Bertz CT molecular complexity index is 637.